The highest BCUT2D eigenvalue weighted by atomic mass is 127. The highest BCUT2D eigenvalue weighted by molar-refractivity contribution is 14.0. The molecule has 144 valence electrons. The van der Waals surface area contributed by atoms with Crippen molar-refractivity contribution in [3.8, 4) is 0 Å². The molecule has 26 heavy (non-hydrogen) atoms. The molecule has 9 heteroatoms. The maximum atomic E-state index is 5.66. The first-order valence-electron chi connectivity index (χ1n) is 8.85. The van der Waals surface area contributed by atoms with E-state index in [0.717, 1.165) is 37.9 Å². The molecule has 1 aliphatic rings. The van der Waals surface area contributed by atoms with E-state index in [1.54, 1.807) is 13.2 Å². The lowest BCUT2D eigenvalue weighted by atomic mass is 10.2. The number of aryl methyl sites for hydroxylation is 1. The molecule has 1 saturated heterocycles. The van der Waals surface area contributed by atoms with E-state index in [1.165, 1.54) is 12.8 Å². The van der Waals surface area contributed by atoms with Gasteiger partial charge in [0, 0.05) is 13.1 Å². The zero-order valence-corrected chi connectivity index (χ0v) is 17.6. The van der Waals surface area contributed by atoms with Crippen molar-refractivity contribution in [2.75, 3.05) is 26.2 Å². The Balaban J connectivity index is 0.00000243. The molecule has 2 aromatic heterocycles. The number of hydrogen-bond donors (Lipinski definition) is 2. The molecule has 0 saturated carbocycles. The molecular formula is C17H27IN6O2. The summed E-state index contributed by atoms with van der Waals surface area (Å²) < 4.78 is 10.8. The van der Waals surface area contributed by atoms with Crippen LogP contribution in [0.3, 0.4) is 0 Å². The SMILES string of the molecule is CCNC(=NCc1nc(C)no1)NCC(c1ccco1)N1CCCC1.I. The quantitative estimate of drug-likeness (QED) is 0.362. The van der Waals surface area contributed by atoms with Crippen LogP contribution in [0.15, 0.2) is 32.3 Å². The van der Waals surface area contributed by atoms with Crippen molar-refractivity contribution in [1.82, 2.24) is 25.7 Å². The van der Waals surface area contributed by atoms with E-state index in [1.807, 2.05) is 19.1 Å². The van der Waals surface area contributed by atoms with Gasteiger partial charge in [0.15, 0.2) is 11.8 Å². The molecule has 1 fully saturated rings. The molecule has 1 unspecified atom stereocenters. The number of rotatable bonds is 7. The molecule has 0 aromatic carbocycles. The Morgan fingerprint density at radius 1 is 1.35 bits per heavy atom. The maximum absolute atomic E-state index is 5.66. The third-order valence-corrected chi connectivity index (χ3v) is 4.20. The second kappa shape index (κ2) is 10.5. The molecule has 0 bridgehead atoms. The van der Waals surface area contributed by atoms with Crippen LogP contribution in [0.1, 0.15) is 43.3 Å². The van der Waals surface area contributed by atoms with Crippen molar-refractivity contribution >= 4 is 29.9 Å². The fourth-order valence-electron chi connectivity index (χ4n) is 3.03. The summed E-state index contributed by atoms with van der Waals surface area (Å²) in [4.78, 5) is 11.2. The number of hydrogen-bond acceptors (Lipinski definition) is 6. The molecule has 3 rings (SSSR count). The molecule has 2 N–H and O–H groups in total. The van der Waals surface area contributed by atoms with Gasteiger partial charge >= 0.3 is 0 Å². The Bertz CT molecular complexity index is 667. The normalized spacial score (nSPS) is 16.3. The Morgan fingerprint density at radius 2 is 2.15 bits per heavy atom. The third-order valence-electron chi connectivity index (χ3n) is 4.20. The summed E-state index contributed by atoms with van der Waals surface area (Å²) in [5, 5.41) is 10.4. The topological polar surface area (TPSA) is 91.7 Å². The highest BCUT2D eigenvalue weighted by Gasteiger charge is 2.25. The lowest BCUT2D eigenvalue weighted by molar-refractivity contribution is 0.215. The van der Waals surface area contributed by atoms with Gasteiger partial charge in [-0.3, -0.25) is 4.90 Å². The standard InChI is InChI=1S/C17H26N6O2.HI/c1-3-18-17(20-12-16-21-13(2)22-25-16)19-11-14(15-7-6-10-24-15)23-8-4-5-9-23;/h6-7,10,14H,3-5,8-9,11-12H2,1-2H3,(H2,18,19,20);1H. The number of halogens is 1. The van der Waals surface area contributed by atoms with E-state index in [9.17, 15) is 0 Å². The van der Waals surface area contributed by atoms with Gasteiger partial charge in [-0.2, -0.15) is 4.98 Å². The molecule has 8 nitrogen and oxygen atoms in total. The molecule has 0 radical (unpaired) electrons. The number of nitrogens with one attached hydrogen (secondary N) is 2. The van der Waals surface area contributed by atoms with Crippen LogP contribution in [0.25, 0.3) is 0 Å². The third kappa shape index (κ3) is 5.70. The van der Waals surface area contributed by atoms with Crippen LogP contribution in [0, 0.1) is 6.92 Å². The lowest BCUT2D eigenvalue weighted by Crippen LogP contribution is -2.42. The number of furan rings is 1. The molecule has 1 atom stereocenters. The number of aromatic nitrogens is 2. The van der Waals surface area contributed by atoms with Crippen molar-refractivity contribution in [1.29, 1.82) is 0 Å². The first kappa shape index (κ1) is 20.7. The maximum Gasteiger partial charge on any atom is 0.248 e. The van der Waals surface area contributed by atoms with Gasteiger partial charge in [-0.1, -0.05) is 5.16 Å². The van der Waals surface area contributed by atoms with Crippen LogP contribution >= 0.6 is 24.0 Å². The average Bonchev–Trinajstić information content (AvgIpc) is 3.36. The van der Waals surface area contributed by atoms with Crippen molar-refractivity contribution in [2.24, 2.45) is 4.99 Å². The van der Waals surface area contributed by atoms with Crippen LogP contribution in [-0.2, 0) is 6.54 Å². The van der Waals surface area contributed by atoms with E-state index >= 15 is 0 Å². The largest absolute Gasteiger partial charge is 0.468 e. The summed E-state index contributed by atoms with van der Waals surface area (Å²) >= 11 is 0. The van der Waals surface area contributed by atoms with Gasteiger partial charge in [-0.15, -0.1) is 24.0 Å². The summed E-state index contributed by atoms with van der Waals surface area (Å²) in [5.74, 6) is 2.85. The predicted molar refractivity (Wildman–Crippen MR) is 110 cm³/mol. The van der Waals surface area contributed by atoms with Crippen molar-refractivity contribution in [2.45, 2.75) is 39.3 Å². The van der Waals surface area contributed by atoms with E-state index in [-0.39, 0.29) is 30.0 Å². The summed E-state index contributed by atoms with van der Waals surface area (Å²) in [6.07, 6.45) is 4.21. The van der Waals surface area contributed by atoms with Crippen LogP contribution in [0.4, 0.5) is 0 Å². The van der Waals surface area contributed by atoms with Crippen molar-refractivity contribution < 1.29 is 8.94 Å². The first-order valence-corrected chi connectivity index (χ1v) is 8.85. The smallest absolute Gasteiger partial charge is 0.248 e. The summed E-state index contributed by atoms with van der Waals surface area (Å²) in [5.41, 5.74) is 0. The fraction of sp³-hybridized carbons (Fsp3) is 0.588. The van der Waals surface area contributed by atoms with E-state index < -0.39 is 0 Å². The minimum absolute atomic E-state index is 0. The van der Waals surface area contributed by atoms with Gasteiger partial charge in [0.2, 0.25) is 5.89 Å². The summed E-state index contributed by atoms with van der Waals surface area (Å²) in [6, 6.07) is 4.18. The van der Waals surface area contributed by atoms with Gasteiger partial charge in [-0.05, 0) is 51.9 Å². The predicted octanol–water partition coefficient (Wildman–Crippen LogP) is 2.48. The van der Waals surface area contributed by atoms with Gasteiger partial charge in [0.05, 0.1) is 12.3 Å². The zero-order valence-electron chi connectivity index (χ0n) is 15.3. The second-order valence-corrected chi connectivity index (χ2v) is 6.09. The van der Waals surface area contributed by atoms with Gasteiger partial charge in [0.25, 0.3) is 0 Å². The van der Waals surface area contributed by atoms with Crippen LogP contribution in [0.5, 0.6) is 0 Å². The van der Waals surface area contributed by atoms with Crippen molar-refractivity contribution in [3.63, 3.8) is 0 Å². The van der Waals surface area contributed by atoms with E-state index in [2.05, 4.69) is 30.7 Å². The van der Waals surface area contributed by atoms with Crippen molar-refractivity contribution in [3.05, 3.63) is 35.9 Å². The number of nitrogens with zero attached hydrogens (tertiary/aromatic N) is 4. The first-order chi connectivity index (χ1) is 12.3. The number of likely N-dealkylation sites (tertiary alicyclic amines) is 1. The molecule has 0 spiro atoms. The summed E-state index contributed by atoms with van der Waals surface area (Å²) in [7, 11) is 0. The molecule has 2 aromatic rings. The Morgan fingerprint density at radius 3 is 2.77 bits per heavy atom. The Labute approximate surface area is 170 Å². The van der Waals surface area contributed by atoms with E-state index in [0.29, 0.717) is 18.3 Å². The minimum atomic E-state index is 0. The Kier molecular flexibility index (Phi) is 8.36. The van der Waals surface area contributed by atoms with Crippen LogP contribution in [0.2, 0.25) is 0 Å². The van der Waals surface area contributed by atoms with E-state index in [4.69, 9.17) is 8.94 Å². The lowest BCUT2D eigenvalue weighted by Gasteiger charge is -2.26. The molecular weight excluding hydrogens is 447 g/mol. The fourth-order valence-corrected chi connectivity index (χ4v) is 3.03. The highest BCUT2D eigenvalue weighted by Crippen LogP contribution is 2.24. The van der Waals surface area contributed by atoms with Gasteiger partial charge in [-0.25, -0.2) is 4.99 Å². The molecule has 0 amide bonds. The van der Waals surface area contributed by atoms with Gasteiger partial charge < -0.3 is 19.6 Å². The number of aliphatic imine (C=N–C) groups is 1. The monoisotopic (exact) mass is 474 g/mol. The van der Waals surface area contributed by atoms with Gasteiger partial charge in [0.1, 0.15) is 12.3 Å². The zero-order chi connectivity index (χ0) is 17.5. The molecule has 3 heterocycles. The molecule has 1 aliphatic heterocycles. The van der Waals surface area contributed by atoms with Crippen LogP contribution < -0.4 is 10.6 Å². The van der Waals surface area contributed by atoms with Crippen LogP contribution in [-0.4, -0.2) is 47.2 Å². The summed E-state index contributed by atoms with van der Waals surface area (Å²) in [6.45, 7) is 7.89. The second-order valence-electron chi connectivity index (χ2n) is 6.09. The molecule has 0 aliphatic carbocycles. The minimum Gasteiger partial charge on any atom is -0.468 e. The average molecular weight is 474 g/mol. The Hall–Kier alpha value is -1.62. The number of guanidine groups is 1.